The van der Waals surface area contributed by atoms with Gasteiger partial charge in [0.1, 0.15) is 30.7 Å². The lowest BCUT2D eigenvalue weighted by molar-refractivity contribution is 0.127. The molecule has 0 N–H and O–H groups in total. The molecule has 0 spiro atoms. The van der Waals surface area contributed by atoms with Crippen molar-refractivity contribution in [2.45, 2.75) is 12.6 Å². The minimum absolute atomic E-state index is 0.110. The summed E-state index contributed by atoms with van der Waals surface area (Å²) in [5, 5.41) is 5.43. The molecule has 1 atom stereocenters. The van der Waals surface area contributed by atoms with Gasteiger partial charge in [-0.2, -0.15) is 0 Å². The van der Waals surface area contributed by atoms with Crippen LogP contribution in [-0.2, 0) is 11.4 Å². The van der Waals surface area contributed by atoms with Crippen LogP contribution in [0.2, 0.25) is 10.0 Å². The maximum Gasteiger partial charge on any atom is 0.142 e. The lowest BCUT2D eigenvalue weighted by atomic mass is 10.00. The molecule has 0 bridgehead atoms. The average Bonchev–Trinajstić information content (AvgIpc) is 3.19. The molecule has 0 aliphatic carbocycles. The first kappa shape index (κ1) is 16.9. The van der Waals surface area contributed by atoms with Crippen molar-refractivity contribution in [1.29, 1.82) is 0 Å². The summed E-state index contributed by atoms with van der Waals surface area (Å²) in [6.07, 6.45) is 5.36. The first-order valence-electron chi connectivity index (χ1n) is 8.06. The molecule has 2 aromatic carbocycles. The number of ether oxygens (including phenoxy) is 1. The summed E-state index contributed by atoms with van der Waals surface area (Å²) in [5.41, 5.74) is 2.60. The monoisotopic (exact) mass is 387 g/mol. The van der Waals surface area contributed by atoms with Crippen molar-refractivity contribution >= 4 is 28.9 Å². The molecular formula is C19H15Cl2N3O2. The normalized spacial score (nSPS) is 17.6. The highest BCUT2D eigenvalue weighted by atomic mass is 35.5. The van der Waals surface area contributed by atoms with Crippen molar-refractivity contribution in [3.8, 4) is 5.75 Å². The van der Waals surface area contributed by atoms with Gasteiger partial charge in [-0.3, -0.25) is 0 Å². The van der Waals surface area contributed by atoms with E-state index in [9.17, 15) is 0 Å². The fourth-order valence-electron chi connectivity index (χ4n) is 2.83. The maximum absolute atomic E-state index is 6.05. The zero-order valence-corrected chi connectivity index (χ0v) is 15.2. The number of benzene rings is 2. The van der Waals surface area contributed by atoms with Crippen LogP contribution in [0.1, 0.15) is 17.2 Å². The Morgan fingerprint density at radius 1 is 1.19 bits per heavy atom. The van der Waals surface area contributed by atoms with E-state index in [2.05, 4.69) is 10.1 Å². The van der Waals surface area contributed by atoms with Crippen LogP contribution < -0.4 is 4.74 Å². The van der Waals surface area contributed by atoms with Crippen molar-refractivity contribution in [2.24, 2.45) is 5.16 Å². The van der Waals surface area contributed by atoms with Gasteiger partial charge < -0.3 is 14.1 Å². The molecule has 0 fully saturated rings. The number of fused-ring (bicyclic) bond motifs is 1. The molecule has 5 nitrogen and oxygen atoms in total. The molecule has 7 heteroatoms. The Labute approximate surface area is 160 Å². The Kier molecular flexibility index (Phi) is 4.82. The van der Waals surface area contributed by atoms with Gasteiger partial charge in [0.05, 0.1) is 16.4 Å². The van der Waals surface area contributed by atoms with Gasteiger partial charge in [-0.1, -0.05) is 46.6 Å². The van der Waals surface area contributed by atoms with E-state index in [0.29, 0.717) is 23.3 Å². The van der Waals surface area contributed by atoms with Crippen LogP contribution in [0.3, 0.4) is 0 Å². The van der Waals surface area contributed by atoms with E-state index in [-0.39, 0.29) is 6.04 Å². The van der Waals surface area contributed by atoms with Crippen molar-refractivity contribution in [1.82, 2.24) is 9.55 Å². The van der Waals surface area contributed by atoms with E-state index in [1.165, 1.54) is 0 Å². The third-order valence-electron chi connectivity index (χ3n) is 4.14. The van der Waals surface area contributed by atoms with Crippen molar-refractivity contribution < 1.29 is 9.57 Å². The minimum atomic E-state index is -0.110. The van der Waals surface area contributed by atoms with Crippen LogP contribution in [0.15, 0.2) is 66.3 Å². The van der Waals surface area contributed by atoms with Gasteiger partial charge in [0, 0.05) is 18.0 Å². The van der Waals surface area contributed by atoms with Crippen LogP contribution in [0.4, 0.5) is 0 Å². The molecule has 26 heavy (non-hydrogen) atoms. The Balaban J connectivity index is 1.61. The number of rotatable bonds is 4. The standard InChI is InChI=1S/C19H15Cl2N3O2/c20-15-6-5-13(9-16(15)21)10-26-23-19-14-3-1-2-4-18(14)25-11-17(19)24-8-7-22-12-24/h1-9,12,17H,10-11H2/b23-19+. The van der Waals surface area contributed by atoms with Crippen LogP contribution >= 0.6 is 23.2 Å². The molecule has 0 saturated heterocycles. The lowest BCUT2D eigenvalue weighted by Crippen LogP contribution is -2.30. The topological polar surface area (TPSA) is 48.6 Å². The van der Waals surface area contributed by atoms with Gasteiger partial charge >= 0.3 is 0 Å². The molecule has 1 aromatic heterocycles. The largest absolute Gasteiger partial charge is 0.490 e. The zero-order chi connectivity index (χ0) is 17.9. The average molecular weight is 388 g/mol. The summed E-state index contributed by atoms with van der Waals surface area (Å²) in [5.74, 6) is 0.792. The van der Waals surface area contributed by atoms with Gasteiger partial charge in [0.25, 0.3) is 0 Å². The second kappa shape index (κ2) is 7.40. The molecule has 0 saturated carbocycles. The van der Waals surface area contributed by atoms with Gasteiger partial charge in [-0.25, -0.2) is 4.98 Å². The molecule has 0 radical (unpaired) electrons. The highest BCUT2D eigenvalue weighted by molar-refractivity contribution is 6.42. The lowest BCUT2D eigenvalue weighted by Gasteiger charge is -2.27. The second-order valence-electron chi connectivity index (χ2n) is 5.83. The SMILES string of the molecule is Clc1ccc(CO/N=C2\c3ccccc3OCC2n2ccnc2)cc1Cl. The van der Waals surface area contributed by atoms with E-state index in [1.807, 2.05) is 41.1 Å². The summed E-state index contributed by atoms with van der Waals surface area (Å²) in [7, 11) is 0. The number of hydrogen-bond acceptors (Lipinski definition) is 4. The number of aromatic nitrogens is 2. The van der Waals surface area contributed by atoms with Gasteiger partial charge in [0.15, 0.2) is 0 Å². The number of nitrogens with zero attached hydrogens (tertiary/aromatic N) is 3. The van der Waals surface area contributed by atoms with E-state index in [0.717, 1.165) is 22.6 Å². The molecule has 0 amide bonds. The Morgan fingerprint density at radius 3 is 2.88 bits per heavy atom. The molecular weight excluding hydrogens is 373 g/mol. The Bertz CT molecular complexity index is 942. The summed E-state index contributed by atoms with van der Waals surface area (Å²) >= 11 is 12.0. The summed E-state index contributed by atoms with van der Waals surface area (Å²) in [4.78, 5) is 9.75. The molecule has 1 unspecified atom stereocenters. The first-order chi connectivity index (χ1) is 12.7. The fourth-order valence-corrected chi connectivity index (χ4v) is 3.15. The molecule has 1 aliphatic heterocycles. The van der Waals surface area contributed by atoms with Crippen LogP contribution in [0.5, 0.6) is 5.75 Å². The molecule has 2 heterocycles. The zero-order valence-electron chi connectivity index (χ0n) is 13.7. The molecule has 4 rings (SSSR count). The number of hydrogen-bond donors (Lipinski definition) is 0. The van der Waals surface area contributed by atoms with E-state index in [4.69, 9.17) is 32.8 Å². The highest BCUT2D eigenvalue weighted by Gasteiger charge is 2.28. The second-order valence-corrected chi connectivity index (χ2v) is 6.65. The quantitative estimate of drug-likeness (QED) is 0.607. The number of halogens is 2. The third-order valence-corrected chi connectivity index (χ3v) is 4.88. The van der Waals surface area contributed by atoms with Gasteiger partial charge in [-0.05, 0) is 29.8 Å². The fraction of sp³-hybridized carbons (Fsp3) is 0.158. The summed E-state index contributed by atoms with van der Waals surface area (Å²) in [6, 6.07) is 13.1. The molecule has 1 aliphatic rings. The summed E-state index contributed by atoms with van der Waals surface area (Å²) in [6.45, 7) is 0.752. The van der Waals surface area contributed by atoms with Gasteiger partial charge in [-0.15, -0.1) is 0 Å². The van der Waals surface area contributed by atoms with E-state index < -0.39 is 0 Å². The smallest absolute Gasteiger partial charge is 0.142 e. The van der Waals surface area contributed by atoms with Gasteiger partial charge in [0.2, 0.25) is 0 Å². The molecule has 132 valence electrons. The van der Waals surface area contributed by atoms with Crippen LogP contribution in [0, 0.1) is 0 Å². The first-order valence-corrected chi connectivity index (χ1v) is 8.81. The predicted molar refractivity (Wildman–Crippen MR) is 101 cm³/mol. The maximum atomic E-state index is 6.05. The van der Waals surface area contributed by atoms with E-state index in [1.54, 1.807) is 24.7 Å². The van der Waals surface area contributed by atoms with Crippen molar-refractivity contribution in [3.63, 3.8) is 0 Å². The Morgan fingerprint density at radius 2 is 2.08 bits per heavy atom. The predicted octanol–water partition coefficient (Wildman–Crippen LogP) is 4.74. The van der Waals surface area contributed by atoms with Crippen molar-refractivity contribution in [2.75, 3.05) is 6.61 Å². The molecule has 3 aromatic rings. The summed E-state index contributed by atoms with van der Waals surface area (Å²) < 4.78 is 7.82. The Hall–Kier alpha value is -2.50. The number of para-hydroxylation sites is 1. The van der Waals surface area contributed by atoms with Crippen LogP contribution in [0.25, 0.3) is 0 Å². The van der Waals surface area contributed by atoms with Crippen LogP contribution in [-0.4, -0.2) is 21.9 Å². The van der Waals surface area contributed by atoms with Crippen molar-refractivity contribution in [3.05, 3.63) is 82.4 Å². The van der Waals surface area contributed by atoms with E-state index >= 15 is 0 Å². The highest BCUT2D eigenvalue weighted by Crippen LogP contribution is 2.30. The minimum Gasteiger partial charge on any atom is -0.490 e. The number of oxime groups is 1. The third kappa shape index (κ3) is 3.41. The number of imidazole rings is 1.